The van der Waals surface area contributed by atoms with Crippen LogP contribution in [0.3, 0.4) is 0 Å². The number of hydrogen-bond acceptors (Lipinski definition) is 8. The number of rotatable bonds is 5. The summed E-state index contributed by atoms with van der Waals surface area (Å²) in [7, 11) is -3.16. The van der Waals surface area contributed by atoms with Crippen LogP contribution in [0.2, 0.25) is 0 Å². The number of amides is 2. The Morgan fingerprint density at radius 2 is 2.00 bits per heavy atom. The van der Waals surface area contributed by atoms with Gasteiger partial charge in [-0.15, -0.1) is 10.8 Å². The first-order valence-corrected chi connectivity index (χ1v) is 11.7. The van der Waals surface area contributed by atoms with Gasteiger partial charge in [0.1, 0.15) is 11.3 Å². The van der Waals surface area contributed by atoms with Crippen molar-refractivity contribution in [3.8, 4) is 5.75 Å². The molecular weight excluding hydrogens is 476 g/mol. The van der Waals surface area contributed by atoms with Crippen LogP contribution < -0.4 is 15.4 Å². The van der Waals surface area contributed by atoms with Gasteiger partial charge in [-0.1, -0.05) is 6.07 Å². The Hall–Kier alpha value is -2.48. The van der Waals surface area contributed by atoms with E-state index in [1.165, 1.54) is 16.6 Å². The molecule has 3 heterocycles. The van der Waals surface area contributed by atoms with Gasteiger partial charge in [0.05, 0.1) is 5.75 Å². The number of anilines is 1. The van der Waals surface area contributed by atoms with Crippen molar-refractivity contribution in [1.82, 2.24) is 15.3 Å². The maximum absolute atomic E-state index is 13.5. The fraction of sp³-hybridized carbons (Fsp3) is 0.238. The van der Waals surface area contributed by atoms with Gasteiger partial charge in [-0.25, -0.2) is 9.37 Å². The average Bonchev–Trinajstić information content (AvgIpc) is 2.78. The van der Waals surface area contributed by atoms with Crippen LogP contribution >= 0.6 is 10.8 Å². The van der Waals surface area contributed by atoms with Crippen LogP contribution in [0.15, 0.2) is 36.5 Å². The molecule has 2 amide bonds. The molecule has 4 rings (SSSR count). The fourth-order valence-corrected chi connectivity index (χ4v) is 5.35. The second-order valence-corrected chi connectivity index (χ2v) is 9.64. The Labute approximate surface area is 218 Å². The summed E-state index contributed by atoms with van der Waals surface area (Å²) in [6.45, 7) is 0.121. The number of carbonyl (C=O) groups excluding carboxylic acids is 2. The molecule has 176 valence electrons. The number of carbonyl (C=O) groups is 2. The van der Waals surface area contributed by atoms with Crippen LogP contribution in [0.1, 0.15) is 39.3 Å². The molecular formula is C21H23FN5NaO5S. The van der Waals surface area contributed by atoms with E-state index in [0.717, 1.165) is 12.1 Å². The molecule has 2 aromatic heterocycles. The number of pyridine rings is 2. The van der Waals surface area contributed by atoms with Gasteiger partial charge in [0.2, 0.25) is 5.91 Å². The molecule has 0 radical (unpaired) electrons. The summed E-state index contributed by atoms with van der Waals surface area (Å²) in [5, 5.41) is 13.6. The predicted molar refractivity (Wildman–Crippen MR) is 129 cm³/mol. The van der Waals surface area contributed by atoms with Crippen LogP contribution in [-0.2, 0) is 6.54 Å². The first kappa shape index (κ1) is 26.1. The first-order chi connectivity index (χ1) is 15.7. The summed E-state index contributed by atoms with van der Waals surface area (Å²) < 4.78 is 36.0. The van der Waals surface area contributed by atoms with Gasteiger partial charge in [0, 0.05) is 30.2 Å². The van der Waals surface area contributed by atoms with Crippen LogP contribution in [-0.4, -0.2) is 77.8 Å². The van der Waals surface area contributed by atoms with Gasteiger partial charge < -0.3 is 16.2 Å². The van der Waals surface area contributed by atoms with Crippen molar-refractivity contribution in [3.05, 3.63) is 59.2 Å². The molecule has 13 heteroatoms. The van der Waals surface area contributed by atoms with Crippen LogP contribution in [0.25, 0.3) is 10.9 Å². The SMILES string of the molecule is NC(=O)c1cc(F)ccc1CNC(=O)c1nc(N2CCCCS2(O)O)c2cccnc2c1O.[NaH]. The van der Waals surface area contributed by atoms with Crippen LogP contribution in [0.5, 0.6) is 5.75 Å². The van der Waals surface area contributed by atoms with E-state index in [-0.39, 0.29) is 70.0 Å². The predicted octanol–water partition coefficient (Wildman–Crippen LogP) is 2.12. The van der Waals surface area contributed by atoms with E-state index < -0.39 is 34.2 Å². The van der Waals surface area contributed by atoms with Gasteiger partial charge in [-0.05, 0) is 42.7 Å². The van der Waals surface area contributed by atoms with Crippen molar-refractivity contribution in [3.63, 3.8) is 0 Å². The third kappa shape index (κ3) is 5.11. The third-order valence-electron chi connectivity index (χ3n) is 5.33. The number of hydrogen-bond donors (Lipinski definition) is 5. The number of aromatic hydroxyl groups is 1. The minimum absolute atomic E-state index is 0. The van der Waals surface area contributed by atoms with Crippen molar-refractivity contribution < 1.29 is 28.2 Å². The van der Waals surface area contributed by atoms with Crippen molar-refractivity contribution in [2.75, 3.05) is 16.6 Å². The maximum atomic E-state index is 13.5. The van der Waals surface area contributed by atoms with Crippen LogP contribution in [0.4, 0.5) is 10.2 Å². The number of primary amides is 1. The molecule has 0 atom stereocenters. The van der Waals surface area contributed by atoms with E-state index in [4.69, 9.17) is 5.73 Å². The zero-order valence-corrected chi connectivity index (χ0v) is 18.2. The van der Waals surface area contributed by atoms with Crippen molar-refractivity contribution >= 4 is 68.9 Å². The number of benzene rings is 1. The summed E-state index contributed by atoms with van der Waals surface area (Å²) in [5.74, 6) is -2.49. The monoisotopic (exact) mass is 499 g/mol. The molecule has 1 saturated heterocycles. The second-order valence-electron chi connectivity index (χ2n) is 7.53. The Morgan fingerprint density at radius 3 is 2.71 bits per heavy atom. The molecule has 10 nitrogen and oxygen atoms in total. The standard InChI is InChI=1S/C21H22FN5O5S.Na.H/c22-13-6-5-12(15(10-13)19(23)29)11-25-21(30)17-18(28)16-14(4-3-7-24-16)20(26-17)27-8-1-2-9-33(27,31)32;;/h3-7,10,28,31-32H,1-2,8-9,11H2,(H2,23,29)(H,25,30);;. The minimum atomic E-state index is -3.16. The number of nitrogens with two attached hydrogens (primary N) is 1. The normalized spacial score (nSPS) is 15.9. The van der Waals surface area contributed by atoms with Crippen molar-refractivity contribution in [2.24, 2.45) is 5.73 Å². The van der Waals surface area contributed by atoms with Crippen molar-refractivity contribution in [1.29, 1.82) is 0 Å². The number of halogens is 1. The topological polar surface area (TPSA) is 162 Å². The van der Waals surface area contributed by atoms with Gasteiger partial charge in [0.15, 0.2) is 17.3 Å². The quantitative estimate of drug-likeness (QED) is 0.334. The summed E-state index contributed by atoms with van der Waals surface area (Å²) in [6, 6.07) is 6.65. The Balaban J connectivity index is 0.00000324. The second kappa shape index (κ2) is 10.4. The van der Waals surface area contributed by atoms with E-state index in [2.05, 4.69) is 15.3 Å². The van der Waals surface area contributed by atoms with E-state index in [0.29, 0.717) is 24.8 Å². The fourth-order valence-electron chi connectivity index (χ4n) is 3.70. The van der Waals surface area contributed by atoms with Crippen LogP contribution in [0, 0.1) is 5.82 Å². The molecule has 0 unspecified atom stereocenters. The Bertz CT molecular complexity index is 1260. The summed E-state index contributed by atoms with van der Waals surface area (Å²) >= 11 is 0. The van der Waals surface area contributed by atoms with Gasteiger partial charge in [0.25, 0.3) is 5.91 Å². The molecule has 3 aromatic rings. The van der Waals surface area contributed by atoms with Crippen molar-refractivity contribution in [2.45, 2.75) is 19.4 Å². The first-order valence-electron chi connectivity index (χ1n) is 10.1. The number of fused-ring (bicyclic) bond motifs is 1. The summed E-state index contributed by atoms with van der Waals surface area (Å²) in [5.41, 5.74) is 5.18. The van der Waals surface area contributed by atoms with E-state index in [9.17, 15) is 28.2 Å². The average molecular weight is 500 g/mol. The molecule has 6 N–H and O–H groups in total. The van der Waals surface area contributed by atoms with E-state index in [1.807, 2.05) is 0 Å². The third-order valence-corrected chi connectivity index (χ3v) is 7.22. The van der Waals surface area contributed by atoms with Gasteiger partial charge >= 0.3 is 29.6 Å². The molecule has 0 aliphatic carbocycles. The molecule has 1 aromatic carbocycles. The number of aromatic nitrogens is 2. The van der Waals surface area contributed by atoms with Gasteiger partial charge in [-0.2, -0.15) is 0 Å². The molecule has 1 fully saturated rings. The van der Waals surface area contributed by atoms with E-state index >= 15 is 0 Å². The summed E-state index contributed by atoms with van der Waals surface area (Å²) in [6.07, 6.45) is 2.77. The Morgan fingerprint density at radius 1 is 1.24 bits per heavy atom. The van der Waals surface area contributed by atoms with E-state index in [1.54, 1.807) is 12.1 Å². The van der Waals surface area contributed by atoms with Gasteiger partial charge in [-0.3, -0.25) is 28.0 Å². The molecule has 0 spiro atoms. The molecule has 0 saturated carbocycles. The molecule has 34 heavy (non-hydrogen) atoms. The number of nitrogens with one attached hydrogen (secondary N) is 1. The number of nitrogens with zero attached hydrogens (tertiary/aromatic N) is 3. The zero-order valence-electron chi connectivity index (χ0n) is 17.4. The molecule has 1 aliphatic rings. The Kier molecular flexibility index (Phi) is 8.01. The molecule has 1 aliphatic heterocycles. The molecule has 0 bridgehead atoms. The summed E-state index contributed by atoms with van der Waals surface area (Å²) in [4.78, 5) is 33.0. The zero-order chi connectivity index (χ0) is 23.8.